The van der Waals surface area contributed by atoms with Crippen LogP contribution < -0.4 is 0 Å². The number of benzene rings is 2. The Balaban J connectivity index is 1.83. The summed E-state index contributed by atoms with van der Waals surface area (Å²) in [5.41, 5.74) is 6.10. The lowest BCUT2D eigenvalue weighted by Gasteiger charge is -2.45. The van der Waals surface area contributed by atoms with Crippen molar-refractivity contribution in [3.05, 3.63) is 82.3 Å². The van der Waals surface area contributed by atoms with E-state index >= 15 is 0 Å². The predicted octanol–water partition coefficient (Wildman–Crippen LogP) is 10.1. The second kappa shape index (κ2) is 9.13. The van der Waals surface area contributed by atoms with Crippen molar-refractivity contribution >= 4 is 36.9 Å². The standard InChI is InChI=1S/C32H48O2Si3/c1-31(2,3)36(9,10)33-27-21-23-17-13-15-19-25(23)29(27)35(7,8)30-26-20-16-14-18-24(26)22-28(30)34-37(11,12)32(4,5)6/h13-22,29-30H,1-12H3. The van der Waals surface area contributed by atoms with Gasteiger partial charge in [-0.2, -0.15) is 0 Å². The van der Waals surface area contributed by atoms with Crippen LogP contribution in [-0.4, -0.2) is 24.7 Å². The summed E-state index contributed by atoms with van der Waals surface area (Å²) in [6, 6.07) is 17.9. The fourth-order valence-electron chi connectivity index (χ4n) is 5.36. The molecule has 0 saturated heterocycles. The lowest BCUT2D eigenvalue weighted by molar-refractivity contribution is 0.366. The molecule has 2 atom stereocenters. The summed E-state index contributed by atoms with van der Waals surface area (Å²) in [5, 5.41) is 0.296. The molecule has 0 radical (unpaired) electrons. The Hall–Kier alpha value is -1.83. The monoisotopic (exact) mass is 548 g/mol. The van der Waals surface area contributed by atoms with Gasteiger partial charge in [0, 0.05) is 11.1 Å². The maximum absolute atomic E-state index is 7.17. The molecule has 2 aliphatic carbocycles. The molecule has 2 nitrogen and oxygen atoms in total. The van der Waals surface area contributed by atoms with Gasteiger partial charge in [0.05, 0.1) is 19.6 Å². The van der Waals surface area contributed by atoms with Gasteiger partial charge < -0.3 is 8.85 Å². The van der Waals surface area contributed by atoms with Gasteiger partial charge in [0.15, 0.2) is 0 Å². The molecule has 2 unspecified atom stereocenters. The lowest BCUT2D eigenvalue weighted by atomic mass is 10.1. The summed E-state index contributed by atoms with van der Waals surface area (Å²) in [4.78, 5) is 0. The molecule has 200 valence electrons. The third kappa shape index (κ3) is 4.99. The largest absolute Gasteiger partial charge is 0.546 e. The molecular weight excluding hydrogens is 501 g/mol. The van der Waals surface area contributed by atoms with Crippen LogP contribution in [0.3, 0.4) is 0 Å². The van der Waals surface area contributed by atoms with Crippen LogP contribution >= 0.6 is 0 Å². The van der Waals surface area contributed by atoms with Crippen LogP contribution in [0.2, 0.25) is 49.4 Å². The maximum atomic E-state index is 7.17. The van der Waals surface area contributed by atoms with Gasteiger partial charge in [0.25, 0.3) is 0 Å². The van der Waals surface area contributed by atoms with Crippen LogP contribution in [0, 0.1) is 0 Å². The summed E-state index contributed by atoms with van der Waals surface area (Å²) < 4.78 is 14.3. The Labute approximate surface area is 229 Å². The van der Waals surface area contributed by atoms with Gasteiger partial charge in [0.1, 0.15) is 0 Å². The molecule has 2 aromatic rings. The zero-order valence-corrected chi connectivity index (χ0v) is 28.2. The van der Waals surface area contributed by atoms with E-state index in [-0.39, 0.29) is 10.1 Å². The average Bonchev–Trinajstić information content (AvgIpc) is 3.29. The zero-order valence-electron chi connectivity index (χ0n) is 25.2. The first kappa shape index (κ1) is 28.2. The molecule has 2 aliphatic rings. The molecule has 4 rings (SSSR count). The van der Waals surface area contributed by atoms with Crippen molar-refractivity contribution in [1.82, 2.24) is 0 Å². The molecule has 0 saturated carbocycles. The number of hydrogen-bond acceptors (Lipinski definition) is 2. The fraction of sp³-hybridized carbons (Fsp3) is 0.500. The highest BCUT2D eigenvalue weighted by Gasteiger charge is 2.53. The molecule has 2 aromatic carbocycles. The SMILES string of the molecule is CC(C)(C)[Si](C)(C)OC1=Cc2ccccc2C1[Si](C)(C)C1C(O[Si](C)(C)C(C)(C)C)=Cc2ccccc21. The van der Waals surface area contributed by atoms with Gasteiger partial charge in [-0.25, -0.2) is 0 Å². The highest BCUT2D eigenvalue weighted by Crippen LogP contribution is 2.55. The Bertz CT molecular complexity index is 1140. The Morgan fingerprint density at radius 2 is 0.865 bits per heavy atom. The van der Waals surface area contributed by atoms with Crippen molar-refractivity contribution < 1.29 is 8.85 Å². The molecule has 0 bridgehead atoms. The molecule has 0 amide bonds. The normalized spacial score (nSPS) is 20.2. The van der Waals surface area contributed by atoms with E-state index in [2.05, 4.69) is 142 Å². The summed E-state index contributed by atoms with van der Waals surface area (Å²) in [5.74, 6) is 2.39. The topological polar surface area (TPSA) is 18.5 Å². The highest BCUT2D eigenvalue weighted by molar-refractivity contribution is 6.82. The maximum Gasteiger partial charge on any atom is 0.250 e. The zero-order chi connectivity index (χ0) is 27.6. The first-order valence-electron chi connectivity index (χ1n) is 13.9. The quantitative estimate of drug-likeness (QED) is 0.334. The number of hydrogen-bond donors (Lipinski definition) is 0. The van der Waals surface area contributed by atoms with E-state index in [9.17, 15) is 0 Å². The average molecular weight is 549 g/mol. The van der Waals surface area contributed by atoms with E-state index in [1.807, 2.05) is 0 Å². The smallest absolute Gasteiger partial charge is 0.250 e. The van der Waals surface area contributed by atoms with Crippen LogP contribution in [0.4, 0.5) is 0 Å². The molecule has 0 N–H and O–H groups in total. The van der Waals surface area contributed by atoms with Crippen LogP contribution in [-0.2, 0) is 8.85 Å². The second-order valence-corrected chi connectivity index (χ2v) is 29.0. The fourth-order valence-corrected chi connectivity index (χ4v) is 12.0. The van der Waals surface area contributed by atoms with Crippen molar-refractivity contribution in [2.24, 2.45) is 0 Å². The minimum Gasteiger partial charge on any atom is -0.546 e. The number of fused-ring (bicyclic) bond motifs is 2. The van der Waals surface area contributed by atoms with Gasteiger partial charge in [-0.1, -0.05) is 103 Å². The third-order valence-electron chi connectivity index (χ3n) is 9.63. The van der Waals surface area contributed by atoms with Crippen LogP contribution in [0.25, 0.3) is 12.2 Å². The van der Waals surface area contributed by atoms with E-state index in [1.54, 1.807) is 0 Å². The van der Waals surface area contributed by atoms with E-state index in [4.69, 9.17) is 8.85 Å². The van der Waals surface area contributed by atoms with Gasteiger partial charge in [0.2, 0.25) is 16.6 Å². The van der Waals surface area contributed by atoms with Gasteiger partial charge in [-0.05, 0) is 70.7 Å². The number of rotatable bonds is 6. The molecular formula is C32H48O2Si3. The summed E-state index contributed by atoms with van der Waals surface area (Å²) in [6.45, 7) is 28.6. The van der Waals surface area contributed by atoms with Crippen LogP contribution in [0.1, 0.15) is 74.9 Å². The molecule has 5 heteroatoms. The Kier molecular flexibility index (Phi) is 6.96. The minimum absolute atomic E-state index is 0.148. The summed E-state index contributed by atoms with van der Waals surface area (Å²) >= 11 is 0. The lowest BCUT2D eigenvalue weighted by Crippen LogP contribution is -2.48. The Morgan fingerprint density at radius 1 is 0.541 bits per heavy atom. The van der Waals surface area contributed by atoms with Crippen molar-refractivity contribution in [1.29, 1.82) is 0 Å². The molecule has 0 heterocycles. The van der Waals surface area contributed by atoms with Crippen molar-refractivity contribution in [3.63, 3.8) is 0 Å². The first-order chi connectivity index (χ1) is 16.9. The van der Waals surface area contributed by atoms with Crippen molar-refractivity contribution in [2.75, 3.05) is 0 Å². The second-order valence-electron chi connectivity index (χ2n) is 14.8. The predicted molar refractivity (Wildman–Crippen MR) is 168 cm³/mol. The highest BCUT2D eigenvalue weighted by atomic mass is 28.4. The molecule has 37 heavy (non-hydrogen) atoms. The summed E-state index contributed by atoms with van der Waals surface area (Å²) in [6.07, 6.45) is 4.71. The minimum atomic E-state index is -2.13. The van der Waals surface area contributed by atoms with Crippen LogP contribution in [0.5, 0.6) is 0 Å². The van der Waals surface area contributed by atoms with Crippen molar-refractivity contribution in [2.45, 2.75) is 102 Å². The first-order valence-corrected chi connectivity index (χ1v) is 22.8. The molecule has 0 spiro atoms. The molecule has 0 aliphatic heterocycles. The van der Waals surface area contributed by atoms with Crippen molar-refractivity contribution in [3.8, 4) is 0 Å². The molecule has 0 fully saturated rings. The third-order valence-corrected chi connectivity index (χ3v) is 22.5. The van der Waals surface area contributed by atoms with Gasteiger partial charge in [-0.3, -0.25) is 0 Å². The van der Waals surface area contributed by atoms with E-state index in [0.29, 0.717) is 11.1 Å². The Morgan fingerprint density at radius 3 is 1.19 bits per heavy atom. The summed E-state index contributed by atoms with van der Waals surface area (Å²) in [7, 11) is -6.14. The molecule has 0 aromatic heterocycles. The van der Waals surface area contributed by atoms with E-state index < -0.39 is 24.7 Å². The van der Waals surface area contributed by atoms with Gasteiger partial charge in [-0.15, -0.1) is 0 Å². The van der Waals surface area contributed by atoms with Gasteiger partial charge >= 0.3 is 0 Å². The van der Waals surface area contributed by atoms with E-state index in [1.165, 1.54) is 33.8 Å². The number of allylic oxidation sites excluding steroid dienone is 2. The van der Waals surface area contributed by atoms with E-state index in [0.717, 1.165) is 0 Å². The van der Waals surface area contributed by atoms with Crippen LogP contribution in [0.15, 0.2) is 60.0 Å².